The summed E-state index contributed by atoms with van der Waals surface area (Å²) >= 11 is 1.27. The van der Waals surface area contributed by atoms with Gasteiger partial charge in [0.1, 0.15) is 41.2 Å². The minimum absolute atomic E-state index is 0.0180. The SMILES string of the molecule is C=CC1CC1(NC(=O)C1CC(Oc2cc(-c3csc(N)n3)nc3cc(OC)ccc23)CN1C(=O)CNC(=O)O)P=O. The van der Waals surface area contributed by atoms with Gasteiger partial charge in [0, 0.05) is 35.2 Å². The number of benzene rings is 1. The van der Waals surface area contributed by atoms with Gasteiger partial charge < -0.3 is 35.8 Å². The first-order valence-corrected chi connectivity index (χ1v) is 14.3. The smallest absolute Gasteiger partial charge is 0.405 e. The number of carboxylic acid groups (broad SMARTS) is 1. The lowest BCUT2D eigenvalue weighted by Gasteiger charge is -2.24. The number of fused-ring (bicyclic) bond motifs is 1. The second-order valence-corrected chi connectivity index (χ2v) is 11.6. The van der Waals surface area contributed by atoms with Crippen LogP contribution in [0.3, 0.4) is 0 Å². The van der Waals surface area contributed by atoms with Crippen molar-refractivity contribution < 1.29 is 33.5 Å². The number of carbonyl (C=O) groups is 3. The number of amides is 3. The number of carbonyl (C=O) groups excluding carboxylic acids is 2. The summed E-state index contributed by atoms with van der Waals surface area (Å²) in [6.07, 6.45) is 0.216. The molecule has 0 spiro atoms. The summed E-state index contributed by atoms with van der Waals surface area (Å²) in [6, 6.07) is 6.07. The van der Waals surface area contributed by atoms with Crippen molar-refractivity contribution >= 4 is 53.7 Å². The third-order valence-electron chi connectivity index (χ3n) is 7.11. The van der Waals surface area contributed by atoms with Crippen molar-refractivity contribution in [3.8, 4) is 22.9 Å². The predicted octanol–water partition coefficient (Wildman–Crippen LogP) is 2.88. The van der Waals surface area contributed by atoms with Crippen LogP contribution in [0.5, 0.6) is 11.5 Å². The number of nitrogens with two attached hydrogens (primary N) is 1. The Morgan fingerprint density at radius 1 is 1.32 bits per heavy atom. The number of ether oxygens (including phenoxy) is 2. The van der Waals surface area contributed by atoms with Gasteiger partial charge in [-0.3, -0.25) is 14.2 Å². The highest BCUT2D eigenvalue weighted by Gasteiger charge is 2.56. The zero-order chi connectivity index (χ0) is 29.3. The number of likely N-dealkylation sites (tertiary alicyclic amines) is 1. The van der Waals surface area contributed by atoms with Crippen LogP contribution in [-0.4, -0.2) is 75.5 Å². The van der Waals surface area contributed by atoms with Gasteiger partial charge in [-0.2, -0.15) is 0 Å². The molecule has 3 heterocycles. The molecule has 13 nitrogen and oxygen atoms in total. The average Bonchev–Trinajstić information content (AvgIpc) is 3.24. The first-order valence-electron chi connectivity index (χ1n) is 12.6. The number of rotatable bonds is 10. The van der Waals surface area contributed by atoms with Gasteiger partial charge in [0.15, 0.2) is 13.6 Å². The summed E-state index contributed by atoms with van der Waals surface area (Å²) in [5, 5.41) is 15.7. The van der Waals surface area contributed by atoms with Gasteiger partial charge >= 0.3 is 6.09 Å². The molecule has 1 aliphatic carbocycles. The molecular weight excluding hydrogens is 571 g/mol. The molecule has 2 aliphatic rings. The van der Waals surface area contributed by atoms with Crippen molar-refractivity contribution in [2.24, 2.45) is 5.92 Å². The first-order chi connectivity index (χ1) is 19.7. The molecular formula is C26H27N6O7PS. The lowest BCUT2D eigenvalue weighted by atomic mass is 10.1. The van der Waals surface area contributed by atoms with Crippen molar-refractivity contribution in [3.63, 3.8) is 0 Å². The van der Waals surface area contributed by atoms with Gasteiger partial charge in [0.25, 0.3) is 0 Å². The topological polar surface area (TPSA) is 186 Å². The average molecular weight is 599 g/mol. The molecule has 15 heteroatoms. The Morgan fingerprint density at radius 2 is 2.12 bits per heavy atom. The quantitative estimate of drug-likeness (QED) is 0.200. The van der Waals surface area contributed by atoms with Crippen LogP contribution >= 0.6 is 19.8 Å². The van der Waals surface area contributed by atoms with E-state index >= 15 is 0 Å². The number of nitrogens with zero attached hydrogens (tertiary/aromatic N) is 3. The summed E-state index contributed by atoms with van der Waals surface area (Å²) in [5.74, 6) is -0.211. The minimum atomic E-state index is -1.36. The molecule has 0 bridgehead atoms. The number of thiazole rings is 1. The summed E-state index contributed by atoms with van der Waals surface area (Å²) in [6.45, 7) is 3.22. The third kappa shape index (κ3) is 5.79. The molecule has 1 aromatic carbocycles. The Balaban J connectivity index is 1.44. The van der Waals surface area contributed by atoms with E-state index in [2.05, 4.69) is 16.9 Å². The van der Waals surface area contributed by atoms with E-state index in [4.69, 9.17) is 25.3 Å². The molecule has 0 radical (unpaired) electrons. The number of nitrogen functional groups attached to an aromatic ring is 1. The highest BCUT2D eigenvalue weighted by atomic mass is 32.1. The summed E-state index contributed by atoms with van der Waals surface area (Å²) < 4.78 is 23.6. The Morgan fingerprint density at radius 3 is 2.76 bits per heavy atom. The fourth-order valence-electron chi connectivity index (χ4n) is 4.90. The molecule has 2 aromatic heterocycles. The van der Waals surface area contributed by atoms with Gasteiger partial charge in [-0.1, -0.05) is 6.08 Å². The fraction of sp³-hybridized carbons (Fsp3) is 0.346. The molecule has 1 saturated heterocycles. The van der Waals surface area contributed by atoms with Gasteiger partial charge in [-0.25, -0.2) is 14.8 Å². The molecule has 214 valence electrons. The van der Waals surface area contributed by atoms with Crippen LogP contribution in [0.25, 0.3) is 22.3 Å². The standard InChI is InChI=1S/C26H27N6O7PS/c1-3-13-9-26(13,40-37)31-23(34)20-7-15(11-32(20)22(33)10-28-25(35)36)39-21-8-18(19-12-41-24(27)30-19)29-17-6-14(38-2)4-5-16(17)21/h3-6,8,12-13,15,20,28H,1,7,9-11H2,2H3,(H2,27,30)(H,31,34)(H,35,36). The second kappa shape index (κ2) is 11.3. The van der Waals surface area contributed by atoms with Crippen LogP contribution in [0.2, 0.25) is 0 Å². The van der Waals surface area contributed by atoms with E-state index in [0.29, 0.717) is 45.3 Å². The zero-order valence-electron chi connectivity index (χ0n) is 21.9. The maximum Gasteiger partial charge on any atom is 0.405 e. The molecule has 1 aliphatic heterocycles. The molecule has 3 aromatic rings. The van der Waals surface area contributed by atoms with Crippen molar-refractivity contribution in [1.82, 2.24) is 25.5 Å². The highest BCUT2D eigenvalue weighted by Crippen LogP contribution is 2.52. The molecule has 2 fully saturated rings. The van der Waals surface area contributed by atoms with E-state index in [1.54, 1.807) is 42.8 Å². The maximum absolute atomic E-state index is 13.4. The summed E-state index contributed by atoms with van der Waals surface area (Å²) in [7, 11) is 1.30. The van der Waals surface area contributed by atoms with E-state index in [1.165, 1.54) is 16.2 Å². The van der Waals surface area contributed by atoms with Crippen molar-refractivity contribution in [3.05, 3.63) is 42.3 Å². The highest BCUT2D eigenvalue weighted by molar-refractivity contribution is 7.26. The predicted molar refractivity (Wildman–Crippen MR) is 151 cm³/mol. The van der Waals surface area contributed by atoms with Crippen LogP contribution in [0, 0.1) is 5.92 Å². The van der Waals surface area contributed by atoms with E-state index in [9.17, 15) is 18.9 Å². The molecule has 41 heavy (non-hydrogen) atoms. The van der Waals surface area contributed by atoms with Crippen molar-refractivity contribution in [2.75, 3.05) is 25.9 Å². The van der Waals surface area contributed by atoms with E-state index in [1.807, 2.05) is 5.32 Å². The molecule has 1 saturated carbocycles. The fourth-order valence-corrected chi connectivity index (χ4v) is 6.12. The number of hydrogen-bond donors (Lipinski definition) is 4. The van der Waals surface area contributed by atoms with Crippen molar-refractivity contribution in [1.29, 1.82) is 0 Å². The lowest BCUT2D eigenvalue weighted by Crippen LogP contribution is -2.51. The van der Waals surface area contributed by atoms with Gasteiger partial charge in [-0.05, 0) is 18.6 Å². The van der Waals surface area contributed by atoms with Crippen LogP contribution in [-0.2, 0) is 14.2 Å². The number of hydrogen-bond acceptors (Lipinski definition) is 10. The molecule has 4 unspecified atom stereocenters. The number of aromatic nitrogens is 2. The largest absolute Gasteiger partial charge is 0.497 e. The number of pyridine rings is 1. The Kier molecular flexibility index (Phi) is 7.78. The summed E-state index contributed by atoms with van der Waals surface area (Å²) in [5.41, 5.74) is 7.49. The maximum atomic E-state index is 13.4. The van der Waals surface area contributed by atoms with Crippen LogP contribution in [0.15, 0.2) is 42.3 Å². The third-order valence-corrected chi connectivity index (χ3v) is 8.73. The Labute approximate surface area is 239 Å². The van der Waals surface area contributed by atoms with E-state index < -0.39 is 41.9 Å². The molecule has 5 N–H and O–H groups in total. The Bertz CT molecular complexity index is 1550. The van der Waals surface area contributed by atoms with Crippen LogP contribution in [0.4, 0.5) is 9.93 Å². The van der Waals surface area contributed by atoms with E-state index in [-0.39, 0.29) is 27.3 Å². The van der Waals surface area contributed by atoms with Crippen LogP contribution in [0.1, 0.15) is 12.8 Å². The minimum Gasteiger partial charge on any atom is -0.497 e. The first kappa shape index (κ1) is 28.2. The molecule has 3 amide bonds. The van der Waals surface area contributed by atoms with Crippen LogP contribution < -0.4 is 25.8 Å². The lowest BCUT2D eigenvalue weighted by molar-refractivity contribution is -0.137. The number of nitrogens with one attached hydrogen (secondary N) is 2. The molecule has 4 atom stereocenters. The van der Waals surface area contributed by atoms with Gasteiger partial charge in [0.2, 0.25) is 11.8 Å². The van der Waals surface area contributed by atoms with Gasteiger partial charge in [0.05, 0.1) is 24.9 Å². The van der Waals surface area contributed by atoms with E-state index in [0.717, 1.165) is 0 Å². The second-order valence-electron chi connectivity index (χ2n) is 9.71. The molecule has 5 rings (SSSR count). The zero-order valence-corrected chi connectivity index (χ0v) is 23.6. The summed E-state index contributed by atoms with van der Waals surface area (Å²) in [4.78, 5) is 47.7. The normalized spacial score (nSPS) is 23.2. The monoisotopic (exact) mass is 598 g/mol. The Hall–Kier alpha value is -4.29. The number of methoxy groups -OCH3 is 1. The number of anilines is 1. The van der Waals surface area contributed by atoms with Gasteiger partial charge in [-0.15, -0.1) is 17.9 Å². The van der Waals surface area contributed by atoms with Crippen molar-refractivity contribution in [2.45, 2.75) is 30.3 Å².